The maximum absolute atomic E-state index is 12.0. The summed E-state index contributed by atoms with van der Waals surface area (Å²) in [5.74, 6) is 0.787. The van der Waals surface area contributed by atoms with Crippen LogP contribution in [-0.2, 0) is 0 Å². The highest BCUT2D eigenvalue weighted by atomic mass is 16.6. The second kappa shape index (κ2) is 7.62. The number of carbonyl (C=O) groups excluding carboxylic acids is 1. The van der Waals surface area contributed by atoms with E-state index in [4.69, 9.17) is 4.74 Å². The highest BCUT2D eigenvalue weighted by molar-refractivity contribution is 5.91. The monoisotopic (exact) mass is 319 g/mol. The summed E-state index contributed by atoms with van der Waals surface area (Å²) in [6.07, 6.45) is 6.54. The number of hydrogen-bond acceptors (Lipinski definition) is 4. The summed E-state index contributed by atoms with van der Waals surface area (Å²) < 4.78 is 5.08. The van der Waals surface area contributed by atoms with Gasteiger partial charge in [-0.3, -0.25) is 10.1 Å². The van der Waals surface area contributed by atoms with Crippen LogP contribution in [0.25, 0.3) is 0 Å². The number of amides is 2. The molecule has 124 valence electrons. The highest BCUT2D eigenvalue weighted by Crippen LogP contribution is 2.30. The molecule has 1 aliphatic rings. The predicted octanol–water partition coefficient (Wildman–Crippen LogP) is 3.82. The first kappa shape index (κ1) is 16.8. The Hall–Kier alpha value is -2.57. The van der Waals surface area contributed by atoms with Gasteiger partial charge in [-0.2, -0.15) is 0 Å². The Kier molecular flexibility index (Phi) is 5.56. The molecule has 23 heavy (non-hydrogen) atoms. The maximum Gasteiger partial charge on any atom is 0.323 e. The van der Waals surface area contributed by atoms with Crippen LogP contribution >= 0.6 is 0 Å². The third-order valence-electron chi connectivity index (χ3n) is 4.07. The van der Waals surface area contributed by atoms with Crippen molar-refractivity contribution in [1.29, 1.82) is 0 Å². The minimum atomic E-state index is -0.514. The van der Waals surface area contributed by atoms with Crippen LogP contribution in [0.15, 0.2) is 30.0 Å². The number of nitrogens with zero attached hydrogens (tertiary/aromatic N) is 1. The first-order valence-corrected chi connectivity index (χ1v) is 7.58. The lowest BCUT2D eigenvalue weighted by Crippen LogP contribution is -2.25. The predicted molar refractivity (Wildman–Crippen MR) is 87.5 cm³/mol. The van der Waals surface area contributed by atoms with Crippen LogP contribution in [0, 0.1) is 16.0 Å². The summed E-state index contributed by atoms with van der Waals surface area (Å²) in [5.41, 5.74) is 1.45. The molecule has 2 amide bonds. The van der Waals surface area contributed by atoms with E-state index in [0.29, 0.717) is 11.6 Å². The summed E-state index contributed by atoms with van der Waals surface area (Å²) in [5, 5.41) is 16.1. The fraction of sp³-hybridized carbons (Fsp3) is 0.438. The molecule has 0 spiro atoms. The van der Waals surface area contributed by atoms with Crippen LogP contribution in [0.1, 0.15) is 32.6 Å². The largest absolute Gasteiger partial charge is 0.494 e. The van der Waals surface area contributed by atoms with Gasteiger partial charge in [-0.05, 0) is 31.7 Å². The molecule has 2 N–H and O–H groups in total. The van der Waals surface area contributed by atoms with Gasteiger partial charge in [0, 0.05) is 12.3 Å². The van der Waals surface area contributed by atoms with Crippen molar-refractivity contribution in [3.05, 3.63) is 40.1 Å². The van der Waals surface area contributed by atoms with Crippen molar-refractivity contribution in [2.24, 2.45) is 5.92 Å². The van der Waals surface area contributed by atoms with Gasteiger partial charge in [-0.15, -0.1) is 0 Å². The lowest BCUT2D eigenvalue weighted by atomic mass is 10.0. The van der Waals surface area contributed by atoms with Crippen LogP contribution in [0.4, 0.5) is 16.2 Å². The third kappa shape index (κ3) is 4.45. The standard InChI is InChI=1S/C16H21N3O4/c1-11(12-5-3-4-6-12)10-17-16(20)18-14-8-7-13(19(21)22)9-15(14)23-2/h7-10,12H,3-6H2,1-2H3,(H2,17,18,20)/b11-10+. The number of carbonyl (C=O) groups is 1. The average Bonchev–Trinajstić information content (AvgIpc) is 3.07. The quantitative estimate of drug-likeness (QED) is 0.637. The molecule has 0 heterocycles. The van der Waals surface area contributed by atoms with Crippen molar-refractivity contribution in [3.8, 4) is 5.75 Å². The van der Waals surface area contributed by atoms with Gasteiger partial charge in [0.2, 0.25) is 0 Å². The minimum absolute atomic E-state index is 0.0928. The van der Waals surface area contributed by atoms with Gasteiger partial charge in [0.15, 0.2) is 0 Å². The van der Waals surface area contributed by atoms with Crippen LogP contribution in [0.2, 0.25) is 0 Å². The number of nitro groups is 1. The maximum atomic E-state index is 12.0. The molecule has 0 aromatic heterocycles. The SMILES string of the molecule is COc1cc([N+](=O)[O-])ccc1NC(=O)N/C=C(\C)C1CCCC1. The fourth-order valence-corrected chi connectivity index (χ4v) is 2.73. The Bertz CT molecular complexity index is 622. The highest BCUT2D eigenvalue weighted by Gasteiger charge is 2.17. The normalized spacial score (nSPS) is 15.3. The Labute approximate surface area is 134 Å². The molecule has 1 aromatic rings. The number of nitrogens with one attached hydrogen (secondary N) is 2. The van der Waals surface area contributed by atoms with Crippen LogP contribution < -0.4 is 15.4 Å². The zero-order valence-electron chi connectivity index (χ0n) is 13.3. The molecular formula is C16H21N3O4. The van der Waals surface area contributed by atoms with E-state index in [1.165, 1.54) is 51.0 Å². The molecule has 1 aromatic carbocycles. The summed E-state index contributed by atoms with van der Waals surface area (Å²) in [6, 6.07) is 3.63. The molecular weight excluding hydrogens is 298 g/mol. The number of ether oxygens (including phenoxy) is 1. The summed E-state index contributed by atoms with van der Waals surface area (Å²) in [7, 11) is 1.40. The lowest BCUT2D eigenvalue weighted by Gasteiger charge is -2.12. The van der Waals surface area contributed by atoms with Gasteiger partial charge in [0.25, 0.3) is 5.69 Å². The van der Waals surface area contributed by atoms with Crippen molar-refractivity contribution < 1.29 is 14.5 Å². The lowest BCUT2D eigenvalue weighted by molar-refractivity contribution is -0.384. The van der Waals surface area contributed by atoms with Crippen LogP contribution in [-0.4, -0.2) is 18.1 Å². The molecule has 0 unspecified atom stereocenters. The summed E-state index contributed by atoms with van der Waals surface area (Å²) in [4.78, 5) is 22.2. The molecule has 7 heteroatoms. The Balaban J connectivity index is 1.99. The summed E-state index contributed by atoms with van der Waals surface area (Å²) >= 11 is 0. The van der Waals surface area contributed by atoms with E-state index < -0.39 is 11.0 Å². The number of non-ortho nitro benzene ring substituents is 1. The number of allylic oxidation sites excluding steroid dienone is 1. The Morgan fingerprint density at radius 3 is 2.70 bits per heavy atom. The van der Waals surface area contributed by atoms with E-state index in [1.807, 2.05) is 6.92 Å². The molecule has 2 rings (SSSR count). The zero-order chi connectivity index (χ0) is 16.8. The van der Waals surface area contributed by atoms with Crippen molar-refractivity contribution in [2.75, 3.05) is 12.4 Å². The van der Waals surface area contributed by atoms with Crippen molar-refractivity contribution in [1.82, 2.24) is 5.32 Å². The molecule has 0 radical (unpaired) electrons. The topological polar surface area (TPSA) is 93.5 Å². The first-order valence-electron chi connectivity index (χ1n) is 7.58. The Morgan fingerprint density at radius 1 is 1.39 bits per heavy atom. The molecule has 1 aliphatic carbocycles. The number of methoxy groups -OCH3 is 1. The smallest absolute Gasteiger partial charge is 0.323 e. The van der Waals surface area contributed by atoms with Crippen LogP contribution in [0.3, 0.4) is 0 Å². The van der Waals surface area contributed by atoms with E-state index in [9.17, 15) is 14.9 Å². The van der Waals surface area contributed by atoms with Crippen molar-refractivity contribution in [3.63, 3.8) is 0 Å². The molecule has 0 atom stereocenters. The van der Waals surface area contributed by atoms with Gasteiger partial charge >= 0.3 is 6.03 Å². The molecule has 7 nitrogen and oxygen atoms in total. The molecule has 0 aliphatic heterocycles. The van der Waals surface area contributed by atoms with E-state index in [0.717, 1.165) is 5.57 Å². The summed E-state index contributed by atoms with van der Waals surface area (Å²) in [6.45, 7) is 2.02. The number of benzene rings is 1. The number of hydrogen-bond donors (Lipinski definition) is 2. The first-order chi connectivity index (χ1) is 11.0. The van der Waals surface area contributed by atoms with E-state index in [-0.39, 0.29) is 11.4 Å². The Morgan fingerprint density at radius 2 is 2.09 bits per heavy atom. The second-order valence-corrected chi connectivity index (χ2v) is 5.61. The molecule has 1 fully saturated rings. The van der Waals surface area contributed by atoms with Gasteiger partial charge in [0.05, 0.1) is 23.8 Å². The van der Waals surface area contributed by atoms with E-state index in [1.54, 1.807) is 6.20 Å². The van der Waals surface area contributed by atoms with Gasteiger partial charge in [-0.1, -0.05) is 18.4 Å². The molecule has 0 saturated heterocycles. The third-order valence-corrected chi connectivity index (χ3v) is 4.07. The van der Waals surface area contributed by atoms with Crippen molar-refractivity contribution in [2.45, 2.75) is 32.6 Å². The molecule has 0 bridgehead atoms. The number of anilines is 1. The van der Waals surface area contributed by atoms with Crippen molar-refractivity contribution >= 4 is 17.4 Å². The van der Waals surface area contributed by atoms with Gasteiger partial charge in [-0.25, -0.2) is 4.79 Å². The van der Waals surface area contributed by atoms with E-state index in [2.05, 4.69) is 10.6 Å². The number of nitro benzene ring substituents is 1. The van der Waals surface area contributed by atoms with Gasteiger partial charge in [0.1, 0.15) is 5.75 Å². The number of rotatable bonds is 5. The average molecular weight is 319 g/mol. The minimum Gasteiger partial charge on any atom is -0.494 e. The van der Waals surface area contributed by atoms with Gasteiger partial charge < -0.3 is 15.4 Å². The van der Waals surface area contributed by atoms with Crippen LogP contribution in [0.5, 0.6) is 5.75 Å². The van der Waals surface area contributed by atoms with E-state index >= 15 is 0 Å². The number of urea groups is 1. The zero-order valence-corrected chi connectivity index (χ0v) is 13.3. The second-order valence-electron chi connectivity index (χ2n) is 5.61. The molecule has 1 saturated carbocycles. The fourth-order valence-electron chi connectivity index (χ4n) is 2.73.